The van der Waals surface area contributed by atoms with E-state index < -0.39 is 5.97 Å². The Labute approximate surface area is 115 Å². The van der Waals surface area contributed by atoms with Gasteiger partial charge in [0.1, 0.15) is 0 Å². The van der Waals surface area contributed by atoms with Crippen LogP contribution in [-0.2, 0) is 9.53 Å². The number of carbonyl (C=O) groups excluding carboxylic acids is 2. The van der Waals surface area contributed by atoms with E-state index in [9.17, 15) is 9.59 Å². The largest absolute Gasteiger partial charge is 0.465 e. The molecule has 1 heterocycles. The molecule has 2 rings (SSSR count). The van der Waals surface area contributed by atoms with E-state index in [0.29, 0.717) is 29.2 Å². The van der Waals surface area contributed by atoms with E-state index in [2.05, 4.69) is 12.6 Å². The van der Waals surface area contributed by atoms with Crippen LogP contribution in [0.4, 0.5) is 5.69 Å². The number of esters is 1. The van der Waals surface area contributed by atoms with Crippen molar-refractivity contribution in [2.24, 2.45) is 0 Å². The third-order valence-electron chi connectivity index (χ3n) is 2.77. The number of anilines is 1. The molecule has 1 aliphatic rings. The first kappa shape index (κ1) is 13.2. The molecular weight excluding hydrogens is 274 g/mol. The van der Waals surface area contributed by atoms with Crippen molar-refractivity contribution in [3.8, 4) is 0 Å². The number of benzene rings is 1. The third kappa shape index (κ3) is 2.33. The maximum Gasteiger partial charge on any atom is 0.340 e. The molecule has 0 spiro atoms. The lowest BCUT2D eigenvalue weighted by Gasteiger charge is -2.20. The highest BCUT2D eigenvalue weighted by molar-refractivity contribution is 7.81. The monoisotopic (exact) mass is 285 g/mol. The summed E-state index contributed by atoms with van der Waals surface area (Å²) in [4.78, 5) is 25.1. The molecule has 0 aromatic heterocycles. The number of halogens is 1. The highest BCUT2D eigenvalue weighted by Gasteiger charge is 2.32. The van der Waals surface area contributed by atoms with Crippen molar-refractivity contribution in [2.75, 3.05) is 18.6 Å². The van der Waals surface area contributed by atoms with Gasteiger partial charge in [0.15, 0.2) is 0 Å². The van der Waals surface area contributed by atoms with Crippen molar-refractivity contribution in [1.29, 1.82) is 0 Å². The normalized spacial score (nSPS) is 19.2. The van der Waals surface area contributed by atoms with E-state index in [0.717, 1.165) is 0 Å². The van der Waals surface area contributed by atoms with Gasteiger partial charge in [0.2, 0.25) is 5.91 Å². The van der Waals surface area contributed by atoms with Gasteiger partial charge in [-0.25, -0.2) is 4.79 Å². The average Bonchev–Trinajstić information content (AvgIpc) is 2.67. The summed E-state index contributed by atoms with van der Waals surface area (Å²) in [6.07, 6.45) is 0.342. The van der Waals surface area contributed by atoms with Crippen LogP contribution in [0.25, 0.3) is 0 Å². The number of ether oxygens (including phenoxy) is 1. The smallest absolute Gasteiger partial charge is 0.340 e. The molecule has 96 valence electrons. The maximum atomic E-state index is 11.9. The minimum absolute atomic E-state index is 0.0423. The Morgan fingerprint density at radius 3 is 2.83 bits per heavy atom. The number of hydrogen-bond acceptors (Lipinski definition) is 4. The number of methoxy groups -OCH3 is 1. The summed E-state index contributed by atoms with van der Waals surface area (Å²) >= 11 is 10.4. The fourth-order valence-corrected chi connectivity index (χ4v) is 2.57. The molecule has 4 nitrogen and oxygen atoms in total. The fourth-order valence-electron chi connectivity index (χ4n) is 1.97. The van der Waals surface area contributed by atoms with Crippen LogP contribution in [-0.4, -0.2) is 30.8 Å². The van der Waals surface area contributed by atoms with Crippen molar-refractivity contribution < 1.29 is 14.3 Å². The first-order valence-electron chi connectivity index (χ1n) is 5.40. The van der Waals surface area contributed by atoms with E-state index in [1.165, 1.54) is 12.0 Å². The van der Waals surface area contributed by atoms with E-state index in [-0.39, 0.29) is 11.2 Å². The molecule has 1 amide bonds. The van der Waals surface area contributed by atoms with Gasteiger partial charge < -0.3 is 9.64 Å². The number of hydrogen-bond donors (Lipinski definition) is 1. The van der Waals surface area contributed by atoms with Crippen LogP contribution in [0.1, 0.15) is 16.8 Å². The van der Waals surface area contributed by atoms with Crippen molar-refractivity contribution >= 4 is 41.8 Å². The molecule has 0 saturated carbocycles. The number of amides is 1. The molecular formula is C12H12ClNO3S. The van der Waals surface area contributed by atoms with Crippen LogP contribution in [0.15, 0.2) is 18.2 Å². The summed E-state index contributed by atoms with van der Waals surface area (Å²) in [5.74, 6) is -0.601. The minimum Gasteiger partial charge on any atom is -0.465 e. The lowest BCUT2D eigenvalue weighted by atomic mass is 10.1. The summed E-state index contributed by atoms with van der Waals surface area (Å²) in [6, 6.07) is 4.88. The molecule has 1 unspecified atom stereocenters. The molecule has 1 aromatic rings. The van der Waals surface area contributed by atoms with Gasteiger partial charge in [-0.15, -0.1) is 0 Å². The molecule has 1 aliphatic heterocycles. The lowest BCUT2D eigenvalue weighted by molar-refractivity contribution is -0.117. The van der Waals surface area contributed by atoms with E-state index in [4.69, 9.17) is 16.3 Å². The lowest BCUT2D eigenvalue weighted by Crippen LogP contribution is -2.27. The Kier molecular flexibility index (Phi) is 3.82. The van der Waals surface area contributed by atoms with Crippen molar-refractivity contribution in [1.82, 2.24) is 0 Å². The Balaban J connectivity index is 2.49. The predicted molar refractivity (Wildman–Crippen MR) is 72.5 cm³/mol. The quantitative estimate of drug-likeness (QED) is 0.669. The molecule has 0 radical (unpaired) electrons. The van der Waals surface area contributed by atoms with Gasteiger partial charge in [-0.05, 0) is 12.1 Å². The van der Waals surface area contributed by atoms with Crippen LogP contribution in [0, 0.1) is 0 Å². The maximum absolute atomic E-state index is 11.9. The molecule has 0 aliphatic carbocycles. The Morgan fingerprint density at radius 2 is 2.28 bits per heavy atom. The second-order valence-electron chi connectivity index (χ2n) is 3.99. The van der Waals surface area contributed by atoms with Crippen molar-refractivity contribution in [3.05, 3.63) is 28.8 Å². The molecule has 0 N–H and O–H groups in total. The standard InChI is InChI=1S/C12H12ClNO3S/c1-17-12(16)8-3-2-4-9(13)11(8)14-6-7(18)5-10(14)15/h2-4,7,18H,5-6H2,1H3. The summed E-state index contributed by atoms with van der Waals surface area (Å²) in [5.41, 5.74) is 0.702. The average molecular weight is 286 g/mol. The van der Waals surface area contributed by atoms with Gasteiger partial charge in [-0.3, -0.25) is 4.79 Å². The number of thiol groups is 1. The zero-order valence-electron chi connectivity index (χ0n) is 9.72. The summed E-state index contributed by atoms with van der Waals surface area (Å²) < 4.78 is 4.70. The van der Waals surface area contributed by atoms with Gasteiger partial charge in [0.05, 0.1) is 23.4 Å². The summed E-state index contributed by atoms with van der Waals surface area (Å²) in [5, 5.41) is 0.313. The SMILES string of the molecule is COC(=O)c1cccc(Cl)c1N1CC(S)CC1=O. The van der Waals surface area contributed by atoms with Gasteiger partial charge in [-0.2, -0.15) is 12.6 Å². The summed E-state index contributed by atoms with van der Waals surface area (Å²) in [6.45, 7) is 0.440. The van der Waals surface area contributed by atoms with Gasteiger partial charge in [0.25, 0.3) is 0 Å². The topological polar surface area (TPSA) is 46.6 Å². The van der Waals surface area contributed by atoms with E-state index >= 15 is 0 Å². The van der Waals surface area contributed by atoms with Gasteiger partial charge in [0, 0.05) is 18.2 Å². The molecule has 1 fully saturated rings. The molecule has 0 bridgehead atoms. The van der Waals surface area contributed by atoms with Crippen LogP contribution < -0.4 is 4.90 Å². The zero-order chi connectivity index (χ0) is 13.3. The second-order valence-corrected chi connectivity index (χ2v) is 5.13. The molecule has 1 atom stereocenters. The highest BCUT2D eigenvalue weighted by atomic mass is 35.5. The third-order valence-corrected chi connectivity index (χ3v) is 3.42. The Hall–Kier alpha value is -1.20. The van der Waals surface area contributed by atoms with Crippen LogP contribution >= 0.6 is 24.2 Å². The number of carbonyl (C=O) groups is 2. The predicted octanol–water partition coefficient (Wildman–Crippen LogP) is 2.16. The second kappa shape index (κ2) is 5.20. The molecule has 1 aromatic carbocycles. The minimum atomic E-state index is -0.511. The van der Waals surface area contributed by atoms with E-state index in [1.807, 2.05) is 0 Å². The fraction of sp³-hybridized carbons (Fsp3) is 0.333. The highest BCUT2D eigenvalue weighted by Crippen LogP contribution is 2.34. The van der Waals surface area contributed by atoms with Gasteiger partial charge >= 0.3 is 5.97 Å². The molecule has 1 saturated heterocycles. The van der Waals surface area contributed by atoms with Crippen LogP contribution in [0.2, 0.25) is 5.02 Å². The number of nitrogens with zero attached hydrogens (tertiary/aromatic N) is 1. The number of para-hydroxylation sites is 1. The van der Waals surface area contributed by atoms with E-state index in [1.54, 1.807) is 18.2 Å². The van der Waals surface area contributed by atoms with Gasteiger partial charge in [-0.1, -0.05) is 17.7 Å². The Morgan fingerprint density at radius 1 is 1.56 bits per heavy atom. The van der Waals surface area contributed by atoms with Crippen LogP contribution in [0.5, 0.6) is 0 Å². The number of rotatable bonds is 2. The zero-order valence-corrected chi connectivity index (χ0v) is 11.4. The Bertz CT molecular complexity index is 506. The van der Waals surface area contributed by atoms with Crippen LogP contribution in [0.3, 0.4) is 0 Å². The first-order valence-corrected chi connectivity index (χ1v) is 6.29. The van der Waals surface area contributed by atoms with Crippen molar-refractivity contribution in [2.45, 2.75) is 11.7 Å². The summed E-state index contributed by atoms with van der Waals surface area (Å²) in [7, 11) is 1.29. The molecule has 6 heteroatoms. The first-order chi connectivity index (χ1) is 8.54. The van der Waals surface area contributed by atoms with Crippen molar-refractivity contribution in [3.63, 3.8) is 0 Å². The molecule has 18 heavy (non-hydrogen) atoms.